The van der Waals surface area contributed by atoms with Crippen molar-refractivity contribution in [2.45, 2.75) is 22.6 Å². The topological polar surface area (TPSA) is 73.7 Å². The number of benzene rings is 2. The lowest BCUT2D eigenvalue weighted by Crippen LogP contribution is -2.36. The highest BCUT2D eigenvalue weighted by Gasteiger charge is 2.10. The summed E-state index contributed by atoms with van der Waals surface area (Å²) in [6, 6.07) is 13.8. The van der Waals surface area contributed by atoms with E-state index in [2.05, 4.69) is 11.0 Å². The van der Waals surface area contributed by atoms with Gasteiger partial charge in [0, 0.05) is 18.0 Å². The van der Waals surface area contributed by atoms with Gasteiger partial charge in [-0.2, -0.15) is 0 Å². The minimum absolute atomic E-state index is 0.608. The summed E-state index contributed by atoms with van der Waals surface area (Å²) in [7, 11) is 0. The van der Waals surface area contributed by atoms with Crippen molar-refractivity contribution in [3.05, 3.63) is 42.5 Å². The van der Waals surface area contributed by atoms with E-state index in [4.69, 9.17) is 20.9 Å². The van der Waals surface area contributed by atoms with Crippen molar-refractivity contribution in [2.75, 3.05) is 50.9 Å². The van der Waals surface area contributed by atoms with Crippen LogP contribution in [0.4, 0.5) is 11.4 Å². The Morgan fingerprint density at radius 1 is 1.00 bits per heavy atom. The van der Waals surface area contributed by atoms with E-state index in [1.807, 2.05) is 36.4 Å². The Morgan fingerprint density at radius 2 is 1.81 bits per heavy atom. The molecule has 0 bridgehead atoms. The van der Waals surface area contributed by atoms with E-state index >= 15 is 0 Å². The van der Waals surface area contributed by atoms with E-state index in [1.165, 1.54) is 0 Å². The zero-order valence-corrected chi connectivity index (χ0v) is 15.8. The average molecular weight is 374 g/mol. The molecule has 0 unspecified atom stereocenters. The number of hydrogen-bond donors (Lipinski definition) is 2. The molecule has 0 amide bonds. The Morgan fingerprint density at radius 3 is 2.62 bits per heavy atom. The van der Waals surface area contributed by atoms with Crippen LogP contribution in [-0.2, 0) is 4.74 Å². The van der Waals surface area contributed by atoms with Crippen LogP contribution in [0.15, 0.2) is 52.3 Å². The fourth-order valence-electron chi connectivity index (χ4n) is 2.84. The molecule has 2 aromatic rings. The number of hydrogen-bond acceptors (Lipinski definition) is 6. The summed E-state index contributed by atoms with van der Waals surface area (Å²) < 4.78 is 11.4. The van der Waals surface area contributed by atoms with E-state index in [0.29, 0.717) is 11.4 Å². The highest BCUT2D eigenvalue weighted by molar-refractivity contribution is 7.99. The smallest absolute Gasteiger partial charge is 0.133 e. The lowest BCUT2D eigenvalue weighted by Gasteiger charge is -2.26. The molecular weight excluding hydrogens is 346 g/mol. The zero-order chi connectivity index (χ0) is 18.2. The number of para-hydroxylation sites is 1. The number of anilines is 2. The van der Waals surface area contributed by atoms with Crippen LogP contribution in [0.1, 0.15) is 12.8 Å². The lowest BCUT2D eigenvalue weighted by molar-refractivity contribution is 0.0368. The van der Waals surface area contributed by atoms with Crippen LogP contribution in [0.25, 0.3) is 0 Å². The molecule has 26 heavy (non-hydrogen) atoms. The molecule has 2 aromatic carbocycles. The number of nitrogens with two attached hydrogens (primary N) is 2. The summed E-state index contributed by atoms with van der Waals surface area (Å²) in [5.41, 5.74) is 12.9. The molecule has 1 fully saturated rings. The van der Waals surface area contributed by atoms with E-state index < -0.39 is 0 Å². The molecule has 0 saturated carbocycles. The Kier molecular flexibility index (Phi) is 7.05. The number of nitrogen functional groups attached to an aromatic ring is 2. The Labute approximate surface area is 159 Å². The van der Waals surface area contributed by atoms with Gasteiger partial charge < -0.3 is 20.9 Å². The maximum Gasteiger partial charge on any atom is 0.133 e. The Bertz CT molecular complexity index is 705. The number of unbranched alkanes of at least 4 members (excludes halogenated alkanes) is 1. The molecule has 3 rings (SSSR count). The fraction of sp³-hybridized carbons (Fsp3) is 0.400. The van der Waals surface area contributed by atoms with Crippen molar-refractivity contribution < 1.29 is 9.47 Å². The van der Waals surface area contributed by atoms with Crippen molar-refractivity contribution >= 4 is 23.1 Å². The molecule has 5 nitrogen and oxygen atoms in total. The first-order chi connectivity index (χ1) is 12.7. The van der Waals surface area contributed by atoms with Crippen molar-refractivity contribution in [3.8, 4) is 5.75 Å². The van der Waals surface area contributed by atoms with E-state index in [9.17, 15) is 0 Å². The quantitative estimate of drug-likeness (QED) is 0.545. The predicted molar refractivity (Wildman–Crippen MR) is 108 cm³/mol. The van der Waals surface area contributed by atoms with Gasteiger partial charge in [0.2, 0.25) is 0 Å². The fourth-order valence-corrected chi connectivity index (χ4v) is 3.79. The summed E-state index contributed by atoms with van der Waals surface area (Å²) >= 11 is 1.64. The second-order valence-electron chi connectivity index (χ2n) is 6.35. The molecule has 140 valence electrons. The monoisotopic (exact) mass is 373 g/mol. The van der Waals surface area contributed by atoms with Gasteiger partial charge in [-0.05, 0) is 49.7 Å². The first kappa shape index (κ1) is 18.9. The second-order valence-corrected chi connectivity index (χ2v) is 7.46. The molecule has 0 spiro atoms. The number of nitrogens with zero attached hydrogens (tertiary/aromatic N) is 1. The molecular formula is C20H27N3O2S. The summed E-state index contributed by atoms with van der Waals surface area (Å²) in [5, 5.41) is 0. The highest BCUT2D eigenvalue weighted by atomic mass is 32.2. The summed E-state index contributed by atoms with van der Waals surface area (Å²) in [6.45, 7) is 5.66. The zero-order valence-electron chi connectivity index (χ0n) is 15.0. The van der Waals surface area contributed by atoms with E-state index in [0.717, 1.165) is 67.8 Å². The van der Waals surface area contributed by atoms with Crippen LogP contribution in [0, 0.1) is 0 Å². The van der Waals surface area contributed by atoms with Crippen LogP contribution < -0.4 is 16.2 Å². The van der Waals surface area contributed by atoms with Crippen LogP contribution >= 0.6 is 11.8 Å². The minimum Gasteiger partial charge on any atom is -0.492 e. The first-order valence-corrected chi connectivity index (χ1v) is 9.89. The van der Waals surface area contributed by atoms with Crippen LogP contribution in [0.3, 0.4) is 0 Å². The summed E-state index contributed by atoms with van der Waals surface area (Å²) in [5.74, 6) is 0.916. The van der Waals surface area contributed by atoms with Gasteiger partial charge in [0.1, 0.15) is 5.75 Å². The molecule has 1 heterocycles. The molecule has 0 radical (unpaired) electrons. The maximum atomic E-state index is 6.03. The molecule has 0 aromatic heterocycles. The molecule has 1 aliphatic rings. The molecule has 1 aliphatic heterocycles. The van der Waals surface area contributed by atoms with E-state index in [-0.39, 0.29) is 0 Å². The molecule has 6 heteroatoms. The van der Waals surface area contributed by atoms with Crippen molar-refractivity contribution in [1.29, 1.82) is 0 Å². The maximum absolute atomic E-state index is 6.03. The van der Waals surface area contributed by atoms with Crippen molar-refractivity contribution in [1.82, 2.24) is 4.90 Å². The van der Waals surface area contributed by atoms with Gasteiger partial charge in [0.05, 0.1) is 36.1 Å². The number of morpholine rings is 1. The molecule has 1 saturated heterocycles. The summed E-state index contributed by atoms with van der Waals surface area (Å²) in [6.07, 6.45) is 2.19. The van der Waals surface area contributed by atoms with Crippen LogP contribution in [-0.4, -0.2) is 44.4 Å². The van der Waals surface area contributed by atoms with Crippen LogP contribution in [0.2, 0.25) is 0 Å². The van der Waals surface area contributed by atoms with Crippen LogP contribution in [0.5, 0.6) is 5.75 Å². The lowest BCUT2D eigenvalue weighted by atomic mass is 10.3. The Hall–Kier alpha value is -1.89. The van der Waals surface area contributed by atoms with Gasteiger partial charge in [0.25, 0.3) is 0 Å². The van der Waals surface area contributed by atoms with Gasteiger partial charge in [-0.15, -0.1) is 0 Å². The standard InChI is InChI=1S/C20H27N3O2S/c21-17-8-7-16(15-18(17)22)26-20-6-2-1-5-19(20)25-12-4-3-9-23-10-13-24-14-11-23/h1-2,5-8,15H,3-4,9-14,21-22H2. The van der Waals surface area contributed by atoms with Gasteiger partial charge in [-0.3, -0.25) is 4.90 Å². The van der Waals surface area contributed by atoms with Gasteiger partial charge >= 0.3 is 0 Å². The third kappa shape index (κ3) is 5.56. The highest BCUT2D eigenvalue weighted by Crippen LogP contribution is 2.36. The first-order valence-electron chi connectivity index (χ1n) is 9.07. The van der Waals surface area contributed by atoms with Crippen molar-refractivity contribution in [3.63, 3.8) is 0 Å². The van der Waals surface area contributed by atoms with Gasteiger partial charge in [-0.25, -0.2) is 0 Å². The molecule has 4 N–H and O–H groups in total. The minimum atomic E-state index is 0.608. The predicted octanol–water partition coefficient (Wildman–Crippen LogP) is 3.49. The Balaban J connectivity index is 1.48. The SMILES string of the molecule is Nc1ccc(Sc2ccccc2OCCCCN2CCOCC2)cc1N. The average Bonchev–Trinajstić information content (AvgIpc) is 2.66. The van der Waals surface area contributed by atoms with Crippen molar-refractivity contribution in [2.24, 2.45) is 0 Å². The van der Waals surface area contributed by atoms with Gasteiger partial charge in [-0.1, -0.05) is 23.9 Å². The third-order valence-corrected chi connectivity index (χ3v) is 5.41. The second kappa shape index (κ2) is 9.71. The largest absolute Gasteiger partial charge is 0.492 e. The molecule has 0 atom stereocenters. The normalized spacial score (nSPS) is 15.1. The summed E-state index contributed by atoms with van der Waals surface area (Å²) in [4.78, 5) is 4.60. The number of ether oxygens (including phenoxy) is 2. The number of rotatable bonds is 8. The third-order valence-electron chi connectivity index (χ3n) is 4.37. The molecule has 0 aliphatic carbocycles. The van der Waals surface area contributed by atoms with Gasteiger partial charge in [0.15, 0.2) is 0 Å². The van der Waals surface area contributed by atoms with E-state index in [1.54, 1.807) is 11.8 Å².